The summed E-state index contributed by atoms with van der Waals surface area (Å²) in [4.78, 5) is 2.55. The third-order valence-corrected chi connectivity index (χ3v) is 4.16. The van der Waals surface area contributed by atoms with Gasteiger partial charge in [-0.25, -0.2) is 0 Å². The molecule has 1 aromatic carbocycles. The van der Waals surface area contributed by atoms with Crippen LogP contribution in [-0.4, -0.2) is 23.3 Å². The number of nitrogens with two attached hydrogens (primary N) is 1. The summed E-state index contributed by atoms with van der Waals surface area (Å²) in [6, 6.07) is 11.4. The molecular formula is C16H25N3. The first-order valence-corrected chi connectivity index (χ1v) is 7.36. The topological polar surface area (TPSA) is 53.1 Å². The fourth-order valence-corrected chi connectivity index (χ4v) is 3.28. The average molecular weight is 259 g/mol. The van der Waals surface area contributed by atoms with Crippen molar-refractivity contribution in [3.05, 3.63) is 35.9 Å². The largest absolute Gasteiger partial charge is 0.388 e. The van der Waals surface area contributed by atoms with Gasteiger partial charge < -0.3 is 5.73 Å². The number of nitrogens with one attached hydrogen (secondary N) is 1. The Morgan fingerprint density at radius 3 is 2.47 bits per heavy atom. The SMILES string of the molecule is CCN(C1CCCC1)C(CC(=N)N)c1ccccc1. The van der Waals surface area contributed by atoms with Crippen LogP contribution in [0.25, 0.3) is 0 Å². The Hall–Kier alpha value is -1.35. The van der Waals surface area contributed by atoms with E-state index in [-0.39, 0.29) is 11.9 Å². The Morgan fingerprint density at radius 1 is 1.32 bits per heavy atom. The molecular weight excluding hydrogens is 234 g/mol. The maximum atomic E-state index is 7.66. The Labute approximate surface area is 116 Å². The smallest absolute Gasteiger partial charge is 0.0924 e. The zero-order chi connectivity index (χ0) is 13.7. The van der Waals surface area contributed by atoms with Crippen molar-refractivity contribution in [2.75, 3.05) is 6.54 Å². The maximum Gasteiger partial charge on any atom is 0.0924 e. The molecule has 1 aliphatic carbocycles. The van der Waals surface area contributed by atoms with Crippen LogP contribution in [0.4, 0.5) is 0 Å². The van der Waals surface area contributed by atoms with E-state index in [0.29, 0.717) is 12.5 Å². The molecule has 0 amide bonds. The van der Waals surface area contributed by atoms with E-state index in [0.717, 1.165) is 6.54 Å². The van der Waals surface area contributed by atoms with Gasteiger partial charge in [-0.2, -0.15) is 0 Å². The van der Waals surface area contributed by atoms with Crippen LogP contribution in [0.1, 0.15) is 50.6 Å². The lowest BCUT2D eigenvalue weighted by molar-refractivity contribution is 0.146. The summed E-state index contributed by atoms with van der Waals surface area (Å²) in [5.41, 5.74) is 6.96. The van der Waals surface area contributed by atoms with Crippen LogP contribution in [0.3, 0.4) is 0 Å². The van der Waals surface area contributed by atoms with E-state index in [1.807, 2.05) is 6.07 Å². The highest BCUT2D eigenvalue weighted by molar-refractivity contribution is 5.77. The van der Waals surface area contributed by atoms with Crippen LogP contribution < -0.4 is 5.73 Å². The first-order chi connectivity index (χ1) is 9.22. The molecule has 0 saturated heterocycles. The number of benzene rings is 1. The summed E-state index contributed by atoms with van der Waals surface area (Å²) in [6.45, 7) is 3.24. The van der Waals surface area contributed by atoms with Crippen molar-refractivity contribution in [1.29, 1.82) is 5.41 Å². The zero-order valence-electron chi connectivity index (χ0n) is 11.8. The monoisotopic (exact) mass is 259 g/mol. The molecule has 1 aromatic rings. The quantitative estimate of drug-likeness (QED) is 0.608. The van der Waals surface area contributed by atoms with E-state index in [4.69, 9.17) is 11.1 Å². The Morgan fingerprint density at radius 2 is 1.95 bits per heavy atom. The second kappa shape index (κ2) is 6.71. The van der Waals surface area contributed by atoms with Gasteiger partial charge in [-0.05, 0) is 24.9 Å². The van der Waals surface area contributed by atoms with Crippen LogP contribution in [-0.2, 0) is 0 Å². The Balaban J connectivity index is 2.22. The fourth-order valence-electron chi connectivity index (χ4n) is 3.28. The summed E-state index contributed by atoms with van der Waals surface area (Å²) in [5.74, 6) is 0.283. The molecule has 1 aliphatic rings. The average Bonchev–Trinajstić information content (AvgIpc) is 2.93. The third-order valence-electron chi connectivity index (χ3n) is 4.16. The van der Waals surface area contributed by atoms with Crippen LogP contribution in [0.15, 0.2) is 30.3 Å². The van der Waals surface area contributed by atoms with Gasteiger partial charge in [-0.1, -0.05) is 50.1 Å². The molecule has 1 saturated carbocycles. The van der Waals surface area contributed by atoms with Gasteiger partial charge in [0, 0.05) is 18.5 Å². The number of nitrogens with zero attached hydrogens (tertiary/aromatic N) is 1. The molecule has 2 rings (SSSR count). The molecule has 1 atom stereocenters. The van der Waals surface area contributed by atoms with Gasteiger partial charge in [-0.3, -0.25) is 10.3 Å². The van der Waals surface area contributed by atoms with Gasteiger partial charge in [0.25, 0.3) is 0 Å². The van der Waals surface area contributed by atoms with E-state index >= 15 is 0 Å². The van der Waals surface area contributed by atoms with Crippen molar-refractivity contribution in [2.45, 2.75) is 51.1 Å². The number of hydrogen-bond acceptors (Lipinski definition) is 2. The van der Waals surface area contributed by atoms with Crippen LogP contribution in [0, 0.1) is 5.41 Å². The minimum atomic E-state index is 0.256. The molecule has 3 heteroatoms. The Kier molecular flexibility index (Phi) is 4.97. The Bertz CT molecular complexity index is 396. The molecule has 0 spiro atoms. The van der Waals surface area contributed by atoms with Crippen molar-refractivity contribution in [3.63, 3.8) is 0 Å². The molecule has 3 N–H and O–H groups in total. The highest BCUT2D eigenvalue weighted by Gasteiger charge is 2.28. The second-order valence-electron chi connectivity index (χ2n) is 5.42. The minimum absolute atomic E-state index is 0.256. The van der Waals surface area contributed by atoms with Crippen molar-refractivity contribution < 1.29 is 0 Å². The van der Waals surface area contributed by atoms with Gasteiger partial charge in [0.1, 0.15) is 0 Å². The van der Waals surface area contributed by atoms with Crippen LogP contribution in [0.5, 0.6) is 0 Å². The molecule has 1 unspecified atom stereocenters. The van der Waals surface area contributed by atoms with E-state index in [9.17, 15) is 0 Å². The summed E-state index contributed by atoms with van der Waals surface area (Å²) < 4.78 is 0. The van der Waals surface area contributed by atoms with Crippen molar-refractivity contribution in [3.8, 4) is 0 Å². The van der Waals surface area contributed by atoms with Crippen molar-refractivity contribution in [2.24, 2.45) is 5.73 Å². The lowest BCUT2D eigenvalue weighted by Gasteiger charge is -2.36. The lowest BCUT2D eigenvalue weighted by Crippen LogP contribution is -2.38. The standard InChI is InChI=1S/C16H25N3/c1-2-19(14-10-6-7-11-14)15(12-16(17)18)13-8-4-3-5-9-13/h3-5,8-9,14-15H,2,6-7,10-12H2,1H3,(H3,17,18). The van der Waals surface area contributed by atoms with Crippen LogP contribution in [0.2, 0.25) is 0 Å². The molecule has 104 valence electrons. The summed E-state index contributed by atoms with van der Waals surface area (Å²) in [6.07, 6.45) is 5.88. The van der Waals surface area contributed by atoms with Gasteiger partial charge in [-0.15, -0.1) is 0 Å². The molecule has 3 nitrogen and oxygen atoms in total. The molecule has 1 fully saturated rings. The first kappa shape index (κ1) is 14.1. The minimum Gasteiger partial charge on any atom is -0.388 e. The highest BCUT2D eigenvalue weighted by Crippen LogP contribution is 2.32. The zero-order valence-corrected chi connectivity index (χ0v) is 11.8. The van der Waals surface area contributed by atoms with Gasteiger partial charge in [0.2, 0.25) is 0 Å². The van der Waals surface area contributed by atoms with Gasteiger partial charge >= 0.3 is 0 Å². The molecule has 0 heterocycles. The maximum absolute atomic E-state index is 7.66. The second-order valence-corrected chi connectivity index (χ2v) is 5.42. The summed E-state index contributed by atoms with van der Waals surface area (Å²) in [5, 5.41) is 7.66. The fraction of sp³-hybridized carbons (Fsp3) is 0.562. The van der Waals surface area contributed by atoms with E-state index in [1.165, 1.54) is 31.2 Å². The predicted molar refractivity (Wildman–Crippen MR) is 80.4 cm³/mol. The molecule has 0 bridgehead atoms. The van der Waals surface area contributed by atoms with Crippen molar-refractivity contribution in [1.82, 2.24) is 4.90 Å². The van der Waals surface area contributed by atoms with Gasteiger partial charge in [0.15, 0.2) is 0 Å². The molecule has 19 heavy (non-hydrogen) atoms. The molecule has 0 aromatic heterocycles. The third kappa shape index (κ3) is 3.57. The molecule has 0 aliphatic heterocycles. The van der Waals surface area contributed by atoms with Gasteiger partial charge in [0.05, 0.1) is 5.84 Å². The van der Waals surface area contributed by atoms with Crippen molar-refractivity contribution >= 4 is 5.84 Å². The normalized spacial score (nSPS) is 17.8. The van der Waals surface area contributed by atoms with E-state index < -0.39 is 0 Å². The summed E-state index contributed by atoms with van der Waals surface area (Å²) in [7, 11) is 0. The van der Waals surface area contributed by atoms with E-state index in [2.05, 4.69) is 36.1 Å². The number of rotatable bonds is 6. The first-order valence-electron chi connectivity index (χ1n) is 7.36. The van der Waals surface area contributed by atoms with E-state index in [1.54, 1.807) is 0 Å². The number of amidine groups is 1. The van der Waals surface area contributed by atoms with Crippen LogP contribution >= 0.6 is 0 Å². The predicted octanol–water partition coefficient (Wildman–Crippen LogP) is 3.32. The molecule has 0 radical (unpaired) electrons. The highest BCUT2D eigenvalue weighted by atomic mass is 15.2. The number of hydrogen-bond donors (Lipinski definition) is 2. The lowest BCUT2D eigenvalue weighted by atomic mass is 9.99. The summed E-state index contributed by atoms with van der Waals surface area (Å²) >= 11 is 0.